The van der Waals surface area contributed by atoms with Crippen molar-refractivity contribution in [2.75, 3.05) is 13.1 Å². The number of nitrogens with one attached hydrogen (secondary N) is 2. The van der Waals surface area contributed by atoms with E-state index in [1.807, 2.05) is 0 Å². The third-order valence-corrected chi connectivity index (χ3v) is 4.62. The maximum atomic E-state index is 13.6. The summed E-state index contributed by atoms with van der Waals surface area (Å²) >= 11 is 15.8. The predicted octanol–water partition coefficient (Wildman–Crippen LogP) is 2.75. The van der Waals surface area contributed by atoms with Gasteiger partial charge in [-0.25, -0.2) is 4.68 Å². The first-order valence-corrected chi connectivity index (χ1v) is 8.70. The van der Waals surface area contributed by atoms with E-state index in [1.165, 1.54) is 29.2 Å². The highest BCUT2D eigenvalue weighted by Crippen LogP contribution is 2.33. The number of hydrogen-bond acceptors (Lipinski definition) is 4. The third kappa shape index (κ3) is 4.04. The molecule has 0 spiro atoms. The van der Waals surface area contributed by atoms with Gasteiger partial charge in [-0.05, 0) is 48.7 Å². The smallest absolute Gasteiger partial charge is 0.360 e. The number of carbonyl (C=O) groups excluding carboxylic acids is 1. The second-order valence-electron chi connectivity index (χ2n) is 5.44. The van der Waals surface area contributed by atoms with Crippen LogP contribution < -0.4 is 10.6 Å². The molecule has 12 heteroatoms. The predicted molar refractivity (Wildman–Crippen MR) is 101 cm³/mol. The second kappa shape index (κ2) is 7.41. The van der Waals surface area contributed by atoms with Gasteiger partial charge in [-0.1, -0.05) is 11.6 Å². The van der Waals surface area contributed by atoms with Crippen molar-refractivity contribution in [3.8, 4) is 5.69 Å². The number of hydrogen-bond donors (Lipinski definition) is 2. The average Bonchev–Trinajstić information content (AvgIpc) is 3.21. The highest BCUT2D eigenvalue weighted by molar-refractivity contribution is 7.81. The van der Waals surface area contributed by atoms with Gasteiger partial charge in [-0.3, -0.25) is 15.0 Å². The first kappa shape index (κ1) is 19.5. The Labute approximate surface area is 167 Å². The van der Waals surface area contributed by atoms with E-state index in [9.17, 15) is 18.0 Å². The molecule has 142 valence electrons. The largest absolute Gasteiger partial charge is 0.434 e. The molecule has 0 aliphatic carbocycles. The van der Waals surface area contributed by atoms with Crippen molar-refractivity contribution in [2.24, 2.45) is 0 Å². The van der Waals surface area contributed by atoms with E-state index in [0.717, 1.165) is 6.20 Å². The Kier molecular flexibility index (Phi) is 5.36. The van der Waals surface area contributed by atoms with Crippen LogP contribution in [-0.2, 0) is 6.18 Å². The summed E-state index contributed by atoms with van der Waals surface area (Å²) in [4.78, 5) is 13.8. The lowest BCUT2D eigenvalue weighted by atomic mass is 10.2. The molecule has 27 heavy (non-hydrogen) atoms. The maximum Gasteiger partial charge on any atom is 0.434 e. The number of aromatic nitrogens is 2. The van der Waals surface area contributed by atoms with Crippen molar-refractivity contribution < 1.29 is 18.0 Å². The number of carbonyl (C=O) groups is 1. The molecule has 0 unspecified atom stereocenters. The number of nitrogens with zero attached hydrogens (tertiary/aromatic N) is 3. The Morgan fingerprint density at radius 1 is 1.30 bits per heavy atom. The molecular weight excluding hydrogens is 423 g/mol. The van der Waals surface area contributed by atoms with Gasteiger partial charge in [0.1, 0.15) is 0 Å². The Morgan fingerprint density at radius 2 is 1.96 bits per heavy atom. The molecule has 2 heterocycles. The number of thiocarbonyl (C=S) groups is 2. The van der Waals surface area contributed by atoms with Crippen LogP contribution in [-0.4, -0.2) is 43.9 Å². The van der Waals surface area contributed by atoms with Gasteiger partial charge in [0.05, 0.1) is 17.4 Å². The zero-order valence-electron chi connectivity index (χ0n) is 13.4. The molecule has 1 aliphatic rings. The van der Waals surface area contributed by atoms with Gasteiger partial charge in [0.25, 0.3) is 5.91 Å². The van der Waals surface area contributed by atoms with Crippen molar-refractivity contribution in [1.29, 1.82) is 0 Å². The zero-order valence-corrected chi connectivity index (χ0v) is 15.8. The Balaban J connectivity index is 1.93. The van der Waals surface area contributed by atoms with E-state index < -0.39 is 23.3 Å². The molecule has 0 atom stereocenters. The number of benzene rings is 1. The molecule has 1 aromatic carbocycles. The van der Waals surface area contributed by atoms with Gasteiger partial charge in [0, 0.05) is 18.1 Å². The lowest BCUT2D eigenvalue weighted by Crippen LogP contribution is -2.44. The first-order valence-electron chi connectivity index (χ1n) is 7.50. The lowest BCUT2D eigenvalue weighted by molar-refractivity contribution is -0.143. The summed E-state index contributed by atoms with van der Waals surface area (Å²) in [6.45, 7) is 0.936. The molecule has 2 N–H and O–H groups in total. The lowest BCUT2D eigenvalue weighted by Gasteiger charge is -2.18. The Hall–Kier alpha value is -2.24. The van der Waals surface area contributed by atoms with Crippen LogP contribution in [0.3, 0.4) is 0 Å². The van der Waals surface area contributed by atoms with Crippen LogP contribution in [0.2, 0.25) is 5.02 Å². The number of rotatable bonds is 2. The molecule has 0 saturated carbocycles. The summed E-state index contributed by atoms with van der Waals surface area (Å²) in [6, 6.07) is 5.58. The number of amides is 1. The van der Waals surface area contributed by atoms with Gasteiger partial charge < -0.3 is 5.32 Å². The van der Waals surface area contributed by atoms with Crippen LogP contribution in [0.25, 0.3) is 5.69 Å². The average molecular weight is 434 g/mol. The van der Waals surface area contributed by atoms with E-state index in [4.69, 9.17) is 36.0 Å². The zero-order chi connectivity index (χ0) is 19.8. The second-order valence-corrected chi connectivity index (χ2v) is 6.65. The van der Waals surface area contributed by atoms with E-state index in [2.05, 4.69) is 15.7 Å². The van der Waals surface area contributed by atoms with Gasteiger partial charge in [-0.15, -0.1) is 0 Å². The van der Waals surface area contributed by atoms with Crippen LogP contribution in [0, 0.1) is 0 Å². The van der Waals surface area contributed by atoms with Crippen molar-refractivity contribution in [2.45, 2.75) is 6.18 Å². The summed E-state index contributed by atoms with van der Waals surface area (Å²) < 4.78 is 41.5. The van der Waals surface area contributed by atoms with E-state index in [-0.39, 0.29) is 10.8 Å². The minimum absolute atomic E-state index is 0.0811. The SMILES string of the molecule is O=C(NC(=S)N1CCNC1=S)c1cnn(-c2ccc(Cl)cc2)c1C(F)(F)F. The van der Waals surface area contributed by atoms with Crippen LogP contribution >= 0.6 is 36.0 Å². The van der Waals surface area contributed by atoms with Gasteiger partial charge in [-0.2, -0.15) is 18.3 Å². The third-order valence-electron chi connectivity index (χ3n) is 3.68. The van der Waals surface area contributed by atoms with Crippen LogP contribution in [0.4, 0.5) is 13.2 Å². The molecular formula is C15H11ClF3N5OS2. The molecule has 1 aromatic heterocycles. The van der Waals surface area contributed by atoms with Gasteiger partial charge in [0.2, 0.25) is 0 Å². The van der Waals surface area contributed by atoms with Crippen molar-refractivity contribution in [3.63, 3.8) is 0 Å². The minimum Gasteiger partial charge on any atom is -0.360 e. The minimum atomic E-state index is -4.82. The normalized spacial score (nSPS) is 14.2. The topological polar surface area (TPSA) is 62.2 Å². The van der Waals surface area contributed by atoms with E-state index in [1.54, 1.807) is 0 Å². The van der Waals surface area contributed by atoms with Crippen LogP contribution in [0.1, 0.15) is 16.1 Å². The fourth-order valence-corrected chi connectivity index (χ4v) is 3.21. The van der Waals surface area contributed by atoms with E-state index in [0.29, 0.717) is 27.9 Å². The Bertz CT molecular complexity index is 913. The highest BCUT2D eigenvalue weighted by atomic mass is 35.5. The fourth-order valence-electron chi connectivity index (χ4n) is 2.46. The fraction of sp³-hybridized carbons (Fsp3) is 0.200. The van der Waals surface area contributed by atoms with Crippen LogP contribution in [0.5, 0.6) is 0 Å². The summed E-state index contributed by atoms with van der Waals surface area (Å²) in [7, 11) is 0. The molecule has 2 aromatic rings. The summed E-state index contributed by atoms with van der Waals surface area (Å²) in [6.07, 6.45) is -3.98. The standard InChI is InChI=1S/C15H11ClF3N5OS2/c16-8-1-3-9(4-2-8)24-11(15(17,18)19)10(7-21-24)12(25)22-14(27)23-6-5-20-13(23)26/h1-4,7H,5-6H2,(H,20,26)(H,22,25,27). The molecule has 0 radical (unpaired) electrons. The van der Waals surface area contributed by atoms with E-state index >= 15 is 0 Å². The molecule has 0 bridgehead atoms. The maximum absolute atomic E-state index is 13.6. The number of alkyl halides is 3. The molecule has 6 nitrogen and oxygen atoms in total. The monoisotopic (exact) mass is 433 g/mol. The van der Waals surface area contributed by atoms with Gasteiger partial charge >= 0.3 is 6.18 Å². The van der Waals surface area contributed by atoms with Crippen molar-refractivity contribution >= 4 is 52.2 Å². The Morgan fingerprint density at radius 3 is 2.52 bits per heavy atom. The quantitative estimate of drug-likeness (QED) is 0.710. The van der Waals surface area contributed by atoms with Crippen molar-refractivity contribution in [3.05, 3.63) is 46.7 Å². The molecule has 1 saturated heterocycles. The molecule has 1 aliphatic heterocycles. The van der Waals surface area contributed by atoms with Crippen LogP contribution in [0.15, 0.2) is 30.5 Å². The summed E-state index contributed by atoms with van der Waals surface area (Å²) in [5, 5.41) is 9.41. The summed E-state index contributed by atoms with van der Waals surface area (Å²) in [5.74, 6) is -1.03. The molecule has 3 rings (SSSR count). The molecule has 1 fully saturated rings. The molecule has 1 amide bonds. The van der Waals surface area contributed by atoms with Crippen molar-refractivity contribution in [1.82, 2.24) is 25.3 Å². The first-order chi connectivity index (χ1) is 12.7. The number of halogens is 4. The van der Waals surface area contributed by atoms with Gasteiger partial charge in [0.15, 0.2) is 15.9 Å². The highest BCUT2D eigenvalue weighted by Gasteiger charge is 2.41. The summed E-state index contributed by atoms with van der Waals surface area (Å²) in [5.41, 5.74) is -1.76.